The monoisotopic (exact) mass is 398 g/mol. The van der Waals surface area contributed by atoms with Crippen LogP contribution < -0.4 is 4.72 Å². The molecular formula is C18H30N4O4S. The molecular weight excluding hydrogens is 368 g/mol. The van der Waals surface area contributed by atoms with Crippen molar-refractivity contribution >= 4 is 16.1 Å². The van der Waals surface area contributed by atoms with Crippen molar-refractivity contribution in [2.45, 2.75) is 58.9 Å². The van der Waals surface area contributed by atoms with Gasteiger partial charge in [0.1, 0.15) is 11.8 Å². The van der Waals surface area contributed by atoms with Crippen LogP contribution in [0.1, 0.15) is 74.1 Å². The predicted octanol–water partition coefficient (Wildman–Crippen LogP) is 2.24. The van der Waals surface area contributed by atoms with Crippen LogP contribution in [-0.4, -0.2) is 54.7 Å². The van der Waals surface area contributed by atoms with E-state index in [-0.39, 0.29) is 23.4 Å². The lowest BCUT2D eigenvalue weighted by atomic mass is 10.1. The normalized spacial score (nSPS) is 20.4. The SMILES string of the molecule is Cc1oc([C@H](NS(=O)(=O)N2CCCCC2)C(C)C)nc1C(=O)N1CCCC1. The summed E-state index contributed by atoms with van der Waals surface area (Å²) in [5.74, 6) is 0.481. The van der Waals surface area contributed by atoms with Gasteiger partial charge in [0.15, 0.2) is 5.69 Å². The highest BCUT2D eigenvalue weighted by Crippen LogP contribution is 2.26. The summed E-state index contributed by atoms with van der Waals surface area (Å²) < 4.78 is 35.5. The van der Waals surface area contributed by atoms with Crippen LogP contribution in [0.25, 0.3) is 0 Å². The molecule has 9 heteroatoms. The van der Waals surface area contributed by atoms with Crippen molar-refractivity contribution in [2.75, 3.05) is 26.2 Å². The number of amides is 1. The number of hydrogen-bond acceptors (Lipinski definition) is 5. The Kier molecular flexibility index (Phi) is 6.22. The van der Waals surface area contributed by atoms with E-state index >= 15 is 0 Å². The molecule has 1 N–H and O–H groups in total. The van der Waals surface area contributed by atoms with Gasteiger partial charge in [-0.25, -0.2) is 4.98 Å². The molecule has 27 heavy (non-hydrogen) atoms. The molecule has 8 nitrogen and oxygen atoms in total. The van der Waals surface area contributed by atoms with E-state index in [1.807, 2.05) is 13.8 Å². The lowest BCUT2D eigenvalue weighted by Gasteiger charge is -2.28. The van der Waals surface area contributed by atoms with E-state index in [9.17, 15) is 13.2 Å². The first-order valence-electron chi connectivity index (χ1n) is 9.83. The average Bonchev–Trinajstić information content (AvgIpc) is 3.29. The molecule has 3 rings (SSSR count). The molecule has 2 aliphatic heterocycles. The summed E-state index contributed by atoms with van der Waals surface area (Å²) in [6.07, 6.45) is 4.81. The number of aryl methyl sites for hydroxylation is 1. The van der Waals surface area contributed by atoms with Crippen LogP contribution in [-0.2, 0) is 10.2 Å². The number of likely N-dealkylation sites (tertiary alicyclic amines) is 1. The largest absolute Gasteiger partial charge is 0.443 e. The van der Waals surface area contributed by atoms with Gasteiger partial charge in [-0.2, -0.15) is 17.4 Å². The molecule has 0 bridgehead atoms. The highest BCUT2D eigenvalue weighted by molar-refractivity contribution is 7.87. The third kappa shape index (κ3) is 4.52. The van der Waals surface area contributed by atoms with Crippen molar-refractivity contribution < 1.29 is 17.6 Å². The molecule has 0 spiro atoms. The maximum absolute atomic E-state index is 12.8. The Bertz CT molecular complexity index is 762. The lowest BCUT2D eigenvalue weighted by Crippen LogP contribution is -2.45. The zero-order chi connectivity index (χ0) is 19.6. The summed E-state index contributed by atoms with van der Waals surface area (Å²) in [5, 5.41) is 0. The standard InChI is InChI=1S/C18H30N4O4S/c1-13(2)15(20-27(24,25)22-11-5-4-6-12-22)17-19-16(14(3)26-17)18(23)21-9-7-8-10-21/h13,15,20H,4-12H2,1-3H3/t15-/m1/s1. The van der Waals surface area contributed by atoms with Gasteiger partial charge in [0.2, 0.25) is 5.89 Å². The van der Waals surface area contributed by atoms with Crippen LogP contribution in [0.2, 0.25) is 0 Å². The molecule has 1 amide bonds. The second-order valence-electron chi connectivity index (χ2n) is 7.76. The Morgan fingerprint density at radius 2 is 1.67 bits per heavy atom. The number of carbonyl (C=O) groups is 1. The summed E-state index contributed by atoms with van der Waals surface area (Å²) in [6.45, 7) is 8.05. The van der Waals surface area contributed by atoms with Crippen LogP contribution in [0, 0.1) is 12.8 Å². The van der Waals surface area contributed by atoms with E-state index in [1.54, 1.807) is 11.8 Å². The van der Waals surface area contributed by atoms with E-state index in [4.69, 9.17) is 4.42 Å². The Hall–Kier alpha value is -1.45. The molecule has 0 unspecified atom stereocenters. The van der Waals surface area contributed by atoms with E-state index in [1.165, 1.54) is 4.31 Å². The molecule has 1 atom stereocenters. The number of oxazole rings is 1. The highest BCUT2D eigenvalue weighted by atomic mass is 32.2. The molecule has 0 radical (unpaired) electrons. The van der Waals surface area contributed by atoms with E-state index in [0.29, 0.717) is 18.8 Å². The second kappa shape index (κ2) is 8.28. The predicted molar refractivity (Wildman–Crippen MR) is 101 cm³/mol. The molecule has 2 aliphatic rings. The minimum atomic E-state index is -3.63. The fourth-order valence-corrected chi connectivity index (χ4v) is 5.21. The Morgan fingerprint density at radius 3 is 2.26 bits per heavy atom. The van der Waals surface area contributed by atoms with Gasteiger partial charge in [-0.05, 0) is 38.5 Å². The number of piperidine rings is 1. The zero-order valence-electron chi connectivity index (χ0n) is 16.4. The average molecular weight is 399 g/mol. The third-order valence-corrected chi connectivity index (χ3v) is 6.87. The van der Waals surface area contributed by atoms with Crippen LogP contribution in [0.4, 0.5) is 0 Å². The molecule has 2 saturated heterocycles. The second-order valence-corrected chi connectivity index (χ2v) is 9.46. The first-order chi connectivity index (χ1) is 12.8. The molecule has 1 aromatic heterocycles. The first-order valence-corrected chi connectivity index (χ1v) is 11.3. The number of nitrogens with one attached hydrogen (secondary N) is 1. The summed E-state index contributed by atoms with van der Waals surface area (Å²) in [6, 6.07) is -0.615. The van der Waals surface area contributed by atoms with Gasteiger partial charge in [-0.3, -0.25) is 4.79 Å². The van der Waals surface area contributed by atoms with Gasteiger partial charge in [0, 0.05) is 26.2 Å². The summed E-state index contributed by atoms with van der Waals surface area (Å²) in [7, 11) is -3.63. The van der Waals surface area contributed by atoms with E-state index in [0.717, 1.165) is 45.2 Å². The zero-order valence-corrected chi connectivity index (χ0v) is 17.2. The van der Waals surface area contributed by atoms with Crippen molar-refractivity contribution in [3.05, 3.63) is 17.3 Å². The molecule has 2 fully saturated rings. The number of hydrogen-bond donors (Lipinski definition) is 1. The van der Waals surface area contributed by atoms with Gasteiger partial charge >= 0.3 is 0 Å². The third-order valence-electron chi connectivity index (χ3n) is 5.27. The summed E-state index contributed by atoms with van der Waals surface area (Å²) in [5.41, 5.74) is 0.287. The van der Waals surface area contributed by atoms with E-state index in [2.05, 4.69) is 9.71 Å². The Morgan fingerprint density at radius 1 is 1.07 bits per heavy atom. The minimum Gasteiger partial charge on any atom is -0.443 e. The van der Waals surface area contributed by atoms with Gasteiger partial charge in [0.25, 0.3) is 16.1 Å². The van der Waals surface area contributed by atoms with Crippen LogP contribution in [0.3, 0.4) is 0 Å². The van der Waals surface area contributed by atoms with Crippen molar-refractivity contribution in [3.63, 3.8) is 0 Å². The fraction of sp³-hybridized carbons (Fsp3) is 0.778. The molecule has 1 aromatic rings. The van der Waals surface area contributed by atoms with E-state index < -0.39 is 16.3 Å². The molecule has 0 aromatic carbocycles. The van der Waals surface area contributed by atoms with Crippen molar-refractivity contribution in [1.82, 2.24) is 18.9 Å². The lowest BCUT2D eigenvalue weighted by molar-refractivity contribution is 0.0786. The molecule has 0 saturated carbocycles. The van der Waals surface area contributed by atoms with Gasteiger partial charge in [-0.15, -0.1) is 0 Å². The Balaban J connectivity index is 1.80. The minimum absolute atomic E-state index is 0.0719. The van der Waals surface area contributed by atoms with Gasteiger partial charge in [0.05, 0.1) is 0 Å². The fourth-order valence-electron chi connectivity index (χ4n) is 3.63. The van der Waals surface area contributed by atoms with Crippen LogP contribution >= 0.6 is 0 Å². The maximum Gasteiger partial charge on any atom is 0.280 e. The maximum atomic E-state index is 12.8. The van der Waals surface area contributed by atoms with Crippen molar-refractivity contribution in [3.8, 4) is 0 Å². The number of rotatable bonds is 6. The highest BCUT2D eigenvalue weighted by Gasteiger charge is 2.33. The molecule has 3 heterocycles. The molecule has 0 aliphatic carbocycles. The summed E-state index contributed by atoms with van der Waals surface area (Å²) >= 11 is 0. The van der Waals surface area contributed by atoms with Crippen molar-refractivity contribution in [1.29, 1.82) is 0 Å². The van der Waals surface area contributed by atoms with Crippen LogP contribution in [0.15, 0.2) is 4.42 Å². The molecule has 152 valence electrons. The van der Waals surface area contributed by atoms with Crippen molar-refractivity contribution in [2.24, 2.45) is 5.92 Å². The first kappa shape index (κ1) is 20.3. The topological polar surface area (TPSA) is 95.7 Å². The number of nitrogens with zero attached hydrogens (tertiary/aromatic N) is 3. The quantitative estimate of drug-likeness (QED) is 0.793. The van der Waals surface area contributed by atoms with Gasteiger partial charge < -0.3 is 9.32 Å². The number of aromatic nitrogens is 1. The Labute approximate surface area is 161 Å². The summed E-state index contributed by atoms with van der Waals surface area (Å²) in [4.78, 5) is 18.8. The number of carbonyl (C=O) groups excluding carboxylic acids is 1. The smallest absolute Gasteiger partial charge is 0.280 e. The van der Waals surface area contributed by atoms with Crippen LogP contribution in [0.5, 0.6) is 0 Å². The van der Waals surface area contributed by atoms with Gasteiger partial charge in [-0.1, -0.05) is 20.3 Å².